The summed E-state index contributed by atoms with van der Waals surface area (Å²) >= 11 is 0. The molecule has 0 aliphatic rings. The van der Waals surface area contributed by atoms with Gasteiger partial charge in [-0.15, -0.1) is 0 Å². The van der Waals surface area contributed by atoms with E-state index in [4.69, 9.17) is 5.73 Å². The van der Waals surface area contributed by atoms with Crippen LogP contribution in [0.1, 0.15) is 12.8 Å². The van der Waals surface area contributed by atoms with Gasteiger partial charge in [0.25, 0.3) is 0 Å². The van der Waals surface area contributed by atoms with Crippen molar-refractivity contribution in [3.63, 3.8) is 0 Å². The number of rotatable bonds is 4. The lowest BCUT2D eigenvalue weighted by molar-refractivity contribution is -0.870. The van der Waals surface area contributed by atoms with Gasteiger partial charge in [0.1, 0.15) is 0 Å². The van der Waals surface area contributed by atoms with Crippen molar-refractivity contribution >= 4 is 0 Å². The Hall–Kier alpha value is 0.210. The number of quaternary nitrogens is 1. The standard InChI is InChI=1S/C7H19N2.ClH/c1-9(2,3)7-5-4-6-8;/h4-8H2,1-3H3;1H/q+1;/p-1. The van der Waals surface area contributed by atoms with Crippen molar-refractivity contribution in [1.29, 1.82) is 0 Å². The molecular weight excluding hydrogens is 148 g/mol. The first-order valence-electron chi connectivity index (χ1n) is 3.57. The predicted molar refractivity (Wildman–Crippen MR) is 41.2 cm³/mol. The van der Waals surface area contributed by atoms with Crippen molar-refractivity contribution in [3.05, 3.63) is 0 Å². The quantitative estimate of drug-likeness (QED) is 0.361. The molecule has 0 aromatic rings. The first kappa shape index (κ1) is 12.8. The van der Waals surface area contributed by atoms with Crippen molar-refractivity contribution < 1.29 is 16.9 Å². The lowest BCUT2D eigenvalue weighted by Crippen LogP contribution is -3.00. The van der Waals surface area contributed by atoms with Crippen molar-refractivity contribution in [1.82, 2.24) is 0 Å². The van der Waals surface area contributed by atoms with Gasteiger partial charge in [-0.05, 0) is 19.4 Å². The summed E-state index contributed by atoms with van der Waals surface area (Å²) in [5.41, 5.74) is 5.35. The fraction of sp³-hybridized carbons (Fsp3) is 1.00. The van der Waals surface area contributed by atoms with E-state index in [1.807, 2.05) is 0 Å². The zero-order valence-electron chi connectivity index (χ0n) is 7.23. The van der Waals surface area contributed by atoms with E-state index in [0.717, 1.165) is 17.4 Å². The van der Waals surface area contributed by atoms with E-state index in [1.54, 1.807) is 0 Å². The molecule has 2 nitrogen and oxygen atoms in total. The first-order chi connectivity index (χ1) is 4.06. The second kappa shape index (κ2) is 5.96. The fourth-order valence-electron chi connectivity index (χ4n) is 0.730. The number of nitrogens with zero attached hydrogens (tertiary/aromatic N) is 1. The van der Waals surface area contributed by atoms with Crippen LogP contribution in [0.3, 0.4) is 0 Å². The topological polar surface area (TPSA) is 26.0 Å². The van der Waals surface area contributed by atoms with Gasteiger partial charge in [-0.2, -0.15) is 0 Å². The van der Waals surface area contributed by atoms with E-state index in [2.05, 4.69) is 21.1 Å². The molecule has 0 fully saturated rings. The summed E-state index contributed by atoms with van der Waals surface area (Å²) < 4.78 is 1.06. The lowest BCUT2D eigenvalue weighted by Gasteiger charge is -2.23. The van der Waals surface area contributed by atoms with E-state index in [-0.39, 0.29) is 12.4 Å². The second-order valence-corrected chi connectivity index (χ2v) is 3.51. The van der Waals surface area contributed by atoms with Crippen LogP contribution in [0.2, 0.25) is 0 Å². The van der Waals surface area contributed by atoms with Crippen LogP contribution >= 0.6 is 0 Å². The minimum absolute atomic E-state index is 0. The Morgan fingerprint density at radius 2 is 1.60 bits per heavy atom. The van der Waals surface area contributed by atoms with Gasteiger partial charge in [-0.3, -0.25) is 0 Å². The van der Waals surface area contributed by atoms with Gasteiger partial charge in [-0.25, -0.2) is 0 Å². The summed E-state index contributed by atoms with van der Waals surface area (Å²) in [4.78, 5) is 0. The highest BCUT2D eigenvalue weighted by molar-refractivity contribution is 4.37. The maximum Gasteiger partial charge on any atom is 0.0780 e. The number of unbranched alkanes of at least 4 members (excludes halogenated alkanes) is 1. The average Bonchev–Trinajstić information content (AvgIpc) is 1.63. The van der Waals surface area contributed by atoms with Crippen LogP contribution in [0, 0.1) is 0 Å². The molecule has 2 N–H and O–H groups in total. The minimum atomic E-state index is 0. The number of nitrogens with two attached hydrogens (primary N) is 1. The Labute approximate surface area is 70.4 Å². The largest absolute Gasteiger partial charge is 1.00 e. The van der Waals surface area contributed by atoms with Gasteiger partial charge in [-0.1, -0.05) is 0 Å². The highest BCUT2D eigenvalue weighted by Crippen LogP contribution is 1.94. The zero-order valence-corrected chi connectivity index (χ0v) is 7.99. The molecule has 0 bridgehead atoms. The normalized spacial score (nSPS) is 10.8. The predicted octanol–water partition coefficient (Wildman–Crippen LogP) is -2.56. The van der Waals surface area contributed by atoms with Gasteiger partial charge >= 0.3 is 0 Å². The summed E-state index contributed by atoms with van der Waals surface area (Å²) in [5, 5.41) is 0. The van der Waals surface area contributed by atoms with Crippen molar-refractivity contribution in [2.45, 2.75) is 12.8 Å². The number of halogens is 1. The molecule has 0 aromatic carbocycles. The molecule has 3 heteroatoms. The molecule has 0 spiro atoms. The fourth-order valence-corrected chi connectivity index (χ4v) is 0.730. The molecular formula is C7H19ClN2. The monoisotopic (exact) mass is 166 g/mol. The van der Waals surface area contributed by atoms with E-state index >= 15 is 0 Å². The zero-order chi connectivity index (χ0) is 7.33. The van der Waals surface area contributed by atoms with Crippen LogP contribution in [0.15, 0.2) is 0 Å². The van der Waals surface area contributed by atoms with E-state index in [9.17, 15) is 0 Å². The van der Waals surface area contributed by atoms with Crippen LogP contribution in [0.4, 0.5) is 0 Å². The number of hydrogen-bond donors (Lipinski definition) is 1. The third-order valence-corrected chi connectivity index (χ3v) is 1.28. The molecule has 0 aliphatic heterocycles. The Balaban J connectivity index is 0. The first-order valence-corrected chi connectivity index (χ1v) is 3.57. The molecule has 0 heterocycles. The molecule has 0 aliphatic carbocycles. The Morgan fingerprint density at radius 1 is 1.10 bits per heavy atom. The molecule has 10 heavy (non-hydrogen) atoms. The van der Waals surface area contributed by atoms with E-state index < -0.39 is 0 Å². The molecule has 0 saturated carbocycles. The SMILES string of the molecule is C[N+](C)(C)CCCCN.[Cl-]. The molecule has 64 valence electrons. The van der Waals surface area contributed by atoms with Crippen LogP contribution in [0.5, 0.6) is 0 Å². The third-order valence-electron chi connectivity index (χ3n) is 1.28. The van der Waals surface area contributed by atoms with Crippen molar-refractivity contribution in [2.75, 3.05) is 34.2 Å². The Bertz CT molecular complexity index is 68.5. The minimum Gasteiger partial charge on any atom is -1.00 e. The van der Waals surface area contributed by atoms with Gasteiger partial charge in [0.15, 0.2) is 0 Å². The third kappa shape index (κ3) is 11.1. The highest BCUT2D eigenvalue weighted by atomic mass is 35.5. The number of hydrogen-bond acceptors (Lipinski definition) is 1. The summed E-state index contributed by atoms with van der Waals surface area (Å²) in [6, 6.07) is 0. The van der Waals surface area contributed by atoms with Gasteiger partial charge < -0.3 is 22.6 Å². The maximum absolute atomic E-state index is 5.35. The smallest absolute Gasteiger partial charge is 0.0780 e. The summed E-state index contributed by atoms with van der Waals surface area (Å²) in [6.07, 6.45) is 2.41. The molecule has 0 amide bonds. The summed E-state index contributed by atoms with van der Waals surface area (Å²) in [6.45, 7) is 2.07. The molecule has 0 aromatic heterocycles. The molecule has 0 atom stereocenters. The highest BCUT2D eigenvalue weighted by Gasteiger charge is 2.03. The van der Waals surface area contributed by atoms with Gasteiger partial charge in [0.2, 0.25) is 0 Å². The summed E-state index contributed by atoms with van der Waals surface area (Å²) in [5.74, 6) is 0. The summed E-state index contributed by atoms with van der Waals surface area (Å²) in [7, 11) is 6.61. The van der Waals surface area contributed by atoms with Crippen molar-refractivity contribution in [2.24, 2.45) is 5.73 Å². The maximum atomic E-state index is 5.35. The Morgan fingerprint density at radius 3 is 1.90 bits per heavy atom. The molecule has 0 radical (unpaired) electrons. The van der Waals surface area contributed by atoms with Crippen LogP contribution < -0.4 is 18.1 Å². The van der Waals surface area contributed by atoms with E-state index in [0.29, 0.717) is 0 Å². The van der Waals surface area contributed by atoms with Crippen molar-refractivity contribution in [3.8, 4) is 0 Å². The van der Waals surface area contributed by atoms with E-state index in [1.165, 1.54) is 13.0 Å². The van der Waals surface area contributed by atoms with Gasteiger partial charge in [0.05, 0.1) is 27.7 Å². The lowest BCUT2D eigenvalue weighted by atomic mass is 10.3. The van der Waals surface area contributed by atoms with Crippen LogP contribution in [-0.2, 0) is 0 Å². The second-order valence-electron chi connectivity index (χ2n) is 3.51. The molecule has 0 saturated heterocycles. The molecule has 0 rings (SSSR count). The Kier molecular flexibility index (Phi) is 7.65. The van der Waals surface area contributed by atoms with Gasteiger partial charge in [0, 0.05) is 0 Å². The molecule has 0 unspecified atom stereocenters. The van der Waals surface area contributed by atoms with Crippen LogP contribution in [0.25, 0.3) is 0 Å². The average molecular weight is 167 g/mol. The van der Waals surface area contributed by atoms with Crippen LogP contribution in [-0.4, -0.2) is 38.7 Å².